The van der Waals surface area contributed by atoms with Crippen LogP contribution in [0.5, 0.6) is 5.75 Å². The van der Waals surface area contributed by atoms with Gasteiger partial charge in [0.05, 0.1) is 25.9 Å². The van der Waals surface area contributed by atoms with Gasteiger partial charge in [-0.2, -0.15) is 5.10 Å². The largest absolute Gasteiger partial charge is 0.481 e. The first-order chi connectivity index (χ1) is 15.4. The lowest BCUT2D eigenvalue weighted by molar-refractivity contribution is -0.143. The molecule has 1 aromatic carbocycles. The average molecular weight is 489 g/mol. The molecule has 1 aliphatic heterocycles. The number of hydrogen-bond acceptors (Lipinski definition) is 4. The molecule has 178 valence electrons. The molecule has 1 aromatic heterocycles. The van der Waals surface area contributed by atoms with Crippen LogP contribution in [0.3, 0.4) is 0 Å². The summed E-state index contributed by atoms with van der Waals surface area (Å²) < 4.78 is 5.87. The summed E-state index contributed by atoms with van der Waals surface area (Å²) in [6.45, 7) is 12.8. The van der Waals surface area contributed by atoms with E-state index in [1.165, 1.54) is 0 Å². The number of benzene rings is 1. The fraction of sp³-hybridized carbons (Fsp3) is 0.542. The number of halogens is 1. The maximum absolute atomic E-state index is 13.3. The predicted octanol–water partition coefficient (Wildman–Crippen LogP) is 5.31. The maximum atomic E-state index is 13.3. The number of ether oxygens (including phenoxy) is 1. The minimum Gasteiger partial charge on any atom is -0.481 e. The van der Waals surface area contributed by atoms with Crippen LogP contribution in [0, 0.1) is 0 Å². The van der Waals surface area contributed by atoms with Crippen LogP contribution in [0.1, 0.15) is 51.3 Å². The summed E-state index contributed by atoms with van der Waals surface area (Å²) >= 11 is 6.04. The van der Waals surface area contributed by atoms with E-state index in [4.69, 9.17) is 16.3 Å². The number of aromatic nitrogens is 2. The Morgan fingerprint density at radius 2 is 1.97 bits per heavy atom. The first-order valence-corrected chi connectivity index (χ1v) is 15.4. The van der Waals surface area contributed by atoms with Gasteiger partial charge in [-0.15, -0.1) is 0 Å². The number of amides is 2. The molecule has 1 fully saturated rings. The summed E-state index contributed by atoms with van der Waals surface area (Å²) in [4.78, 5) is 28.5. The number of rotatable bonds is 6. The molecule has 2 heterocycles. The van der Waals surface area contributed by atoms with E-state index in [1.54, 1.807) is 36.1 Å². The summed E-state index contributed by atoms with van der Waals surface area (Å²) in [6.07, 6.45) is 2.28. The predicted molar refractivity (Wildman–Crippen MR) is 132 cm³/mol. The van der Waals surface area contributed by atoms with Crippen molar-refractivity contribution in [2.24, 2.45) is 0 Å². The molecule has 9 heteroatoms. The first kappa shape index (κ1) is 23.8. The van der Waals surface area contributed by atoms with Gasteiger partial charge in [-0.3, -0.25) is 14.7 Å². The molecule has 1 unspecified atom stereocenters. The van der Waals surface area contributed by atoms with Crippen LogP contribution < -0.4 is 10.1 Å². The highest BCUT2D eigenvalue weighted by molar-refractivity contribution is 6.83. The van der Waals surface area contributed by atoms with Gasteiger partial charge < -0.3 is 15.0 Å². The molecular weight excluding hydrogens is 456 g/mol. The number of nitrogens with one attached hydrogen (secondary N) is 2. The number of carbonyl (C=O) groups is 2. The first-order valence-electron chi connectivity index (χ1n) is 11.5. The summed E-state index contributed by atoms with van der Waals surface area (Å²) in [5, 5.41) is 10.9. The Balaban J connectivity index is 1.52. The third-order valence-electron chi connectivity index (χ3n) is 7.50. The molecule has 1 atom stereocenters. The van der Waals surface area contributed by atoms with Crippen LogP contribution in [0.4, 0.5) is 5.82 Å². The smallest absolute Gasteiger partial charge is 0.264 e. The summed E-state index contributed by atoms with van der Waals surface area (Å²) in [6, 6.07) is 7.01. The van der Waals surface area contributed by atoms with Crippen LogP contribution in [0.25, 0.3) is 0 Å². The summed E-state index contributed by atoms with van der Waals surface area (Å²) in [5.74, 6) is 1.01. The van der Waals surface area contributed by atoms with E-state index >= 15 is 0 Å². The van der Waals surface area contributed by atoms with Crippen molar-refractivity contribution in [3.05, 3.63) is 40.5 Å². The van der Waals surface area contributed by atoms with Gasteiger partial charge in [0, 0.05) is 15.6 Å². The van der Waals surface area contributed by atoms with E-state index in [9.17, 15) is 9.59 Å². The van der Waals surface area contributed by atoms with Crippen molar-refractivity contribution in [2.75, 3.05) is 5.32 Å². The van der Waals surface area contributed by atoms with Gasteiger partial charge in [-0.05, 0) is 51.8 Å². The van der Waals surface area contributed by atoms with Crippen molar-refractivity contribution in [1.82, 2.24) is 15.1 Å². The van der Waals surface area contributed by atoms with Crippen LogP contribution in [-0.2, 0) is 21.7 Å². The van der Waals surface area contributed by atoms with Crippen molar-refractivity contribution in [1.29, 1.82) is 0 Å². The Morgan fingerprint density at radius 3 is 2.55 bits per heavy atom. The van der Waals surface area contributed by atoms with Crippen molar-refractivity contribution >= 4 is 37.3 Å². The van der Waals surface area contributed by atoms with Gasteiger partial charge in [0.25, 0.3) is 5.91 Å². The van der Waals surface area contributed by atoms with E-state index < -0.39 is 19.7 Å². The lowest BCUT2D eigenvalue weighted by Gasteiger charge is -2.48. The molecule has 2 N–H and O–H groups in total. The van der Waals surface area contributed by atoms with Gasteiger partial charge >= 0.3 is 0 Å². The zero-order valence-electron chi connectivity index (χ0n) is 20.2. The molecule has 4 rings (SSSR count). The zero-order valence-corrected chi connectivity index (χ0v) is 22.0. The molecule has 2 aliphatic rings. The zero-order chi connectivity index (χ0) is 24.2. The minimum absolute atomic E-state index is 0.0717. The van der Waals surface area contributed by atoms with Crippen molar-refractivity contribution < 1.29 is 14.3 Å². The lowest BCUT2D eigenvalue weighted by atomic mass is 9.83. The molecule has 0 spiro atoms. The summed E-state index contributed by atoms with van der Waals surface area (Å²) in [7, 11) is -1.70. The monoisotopic (exact) mass is 488 g/mol. The molecule has 0 saturated heterocycles. The Hall–Kier alpha value is -2.32. The van der Waals surface area contributed by atoms with Gasteiger partial charge in [0.2, 0.25) is 5.91 Å². The van der Waals surface area contributed by atoms with Crippen LogP contribution >= 0.6 is 11.6 Å². The molecular formula is C24H33ClN4O3Si. The van der Waals surface area contributed by atoms with E-state index in [0.717, 1.165) is 30.5 Å². The highest BCUT2D eigenvalue weighted by Crippen LogP contribution is 2.56. The van der Waals surface area contributed by atoms with Crippen molar-refractivity contribution in [3.63, 3.8) is 0 Å². The quantitative estimate of drug-likeness (QED) is 0.539. The fourth-order valence-electron chi connectivity index (χ4n) is 5.06. The number of carbonyl (C=O) groups excluding carboxylic acids is 2. The molecule has 2 aromatic rings. The lowest BCUT2D eigenvalue weighted by Crippen LogP contribution is -2.52. The number of fused-ring (bicyclic) bond motifs is 1. The van der Waals surface area contributed by atoms with E-state index in [1.807, 2.05) is 13.8 Å². The number of nitrogens with zero attached hydrogens (tertiary/aromatic N) is 2. The molecule has 1 saturated carbocycles. The Labute approximate surface area is 201 Å². The SMILES string of the molecule is CC(Oc1cccc(Cl)c1)C(=O)N1Cc2c(NC(=O)C3([Si](C)(C)C)CCC3)n[nH]c2C1(C)C. The highest BCUT2D eigenvalue weighted by Gasteiger charge is 2.54. The molecule has 0 radical (unpaired) electrons. The minimum atomic E-state index is -1.70. The van der Waals surface area contributed by atoms with E-state index in [2.05, 4.69) is 35.2 Å². The molecule has 33 heavy (non-hydrogen) atoms. The molecule has 2 amide bonds. The Kier molecular flexibility index (Phi) is 5.89. The molecule has 7 nitrogen and oxygen atoms in total. The maximum Gasteiger partial charge on any atom is 0.264 e. The Bertz CT molecular complexity index is 1090. The average Bonchev–Trinajstić information content (AvgIpc) is 3.17. The van der Waals surface area contributed by atoms with Crippen LogP contribution in [0.2, 0.25) is 29.7 Å². The summed E-state index contributed by atoms with van der Waals surface area (Å²) in [5.41, 5.74) is 1.10. The number of anilines is 1. The van der Waals surface area contributed by atoms with Crippen molar-refractivity contribution in [2.45, 2.75) is 82.9 Å². The van der Waals surface area contributed by atoms with Crippen LogP contribution in [0.15, 0.2) is 24.3 Å². The van der Waals surface area contributed by atoms with E-state index in [-0.39, 0.29) is 16.9 Å². The van der Waals surface area contributed by atoms with Gasteiger partial charge in [0.1, 0.15) is 5.75 Å². The second-order valence-electron chi connectivity index (χ2n) is 10.8. The fourth-order valence-corrected chi connectivity index (χ4v) is 7.84. The third kappa shape index (κ3) is 3.97. The van der Waals surface area contributed by atoms with Gasteiger partial charge in [0.15, 0.2) is 11.9 Å². The van der Waals surface area contributed by atoms with Gasteiger partial charge in [-0.1, -0.05) is 43.7 Å². The standard InChI is InChI=1S/C24H33ClN4O3Si/c1-15(32-17-10-7-9-16(25)13-17)21(30)29-14-18-19(23(29,2)3)27-28-20(18)26-22(31)24(11-8-12-24)33(4,5)6/h7,9-10,13,15H,8,11-12,14H2,1-6H3,(H2,26,27,28,31). The number of H-pyrrole nitrogens is 1. The van der Waals surface area contributed by atoms with Crippen molar-refractivity contribution in [3.8, 4) is 5.75 Å². The second kappa shape index (κ2) is 8.16. The van der Waals surface area contributed by atoms with Crippen LogP contribution in [-0.4, -0.2) is 41.1 Å². The molecule has 0 bridgehead atoms. The number of aromatic amines is 1. The third-order valence-corrected chi connectivity index (χ3v) is 11.3. The second-order valence-corrected chi connectivity index (χ2v) is 16.7. The Morgan fingerprint density at radius 1 is 1.27 bits per heavy atom. The normalized spacial score (nSPS) is 19.4. The molecule has 1 aliphatic carbocycles. The highest BCUT2D eigenvalue weighted by atomic mass is 35.5. The van der Waals surface area contributed by atoms with Gasteiger partial charge in [-0.25, -0.2) is 0 Å². The number of hydrogen-bond donors (Lipinski definition) is 2. The topological polar surface area (TPSA) is 87.3 Å². The van der Waals surface area contributed by atoms with E-state index in [0.29, 0.717) is 23.1 Å².